The van der Waals surface area contributed by atoms with E-state index in [1.807, 2.05) is 24.3 Å². The van der Waals surface area contributed by atoms with Gasteiger partial charge in [0.05, 0.1) is 11.2 Å². The van der Waals surface area contributed by atoms with Crippen molar-refractivity contribution < 1.29 is 4.79 Å². The van der Waals surface area contributed by atoms with E-state index in [4.69, 9.17) is 0 Å². The minimum absolute atomic E-state index is 0.111. The molecule has 0 radical (unpaired) electrons. The van der Waals surface area contributed by atoms with Gasteiger partial charge in [0.1, 0.15) is 0 Å². The minimum Gasteiger partial charge on any atom is -0.324 e. The molecule has 0 bridgehead atoms. The fourth-order valence-corrected chi connectivity index (χ4v) is 2.50. The quantitative estimate of drug-likeness (QED) is 0.921. The Labute approximate surface area is 114 Å². The molecule has 92 valence electrons. The van der Waals surface area contributed by atoms with Crippen molar-refractivity contribution in [1.82, 2.24) is 4.98 Å². The van der Waals surface area contributed by atoms with Crippen LogP contribution in [0, 0.1) is 11.8 Å². The lowest BCUT2D eigenvalue weighted by Crippen LogP contribution is -2.14. The molecule has 1 amide bonds. The third-order valence-electron chi connectivity index (χ3n) is 3.38. The van der Waals surface area contributed by atoms with Crippen molar-refractivity contribution in [1.29, 1.82) is 0 Å². The van der Waals surface area contributed by atoms with Gasteiger partial charge in [-0.25, -0.2) is 0 Å². The number of carbonyl (C=O) groups excluding carboxylic acids is 1. The summed E-state index contributed by atoms with van der Waals surface area (Å²) in [6.45, 7) is 2.10. The molecular formula is C14H13BrN2O. The molecule has 0 spiro atoms. The average molecular weight is 305 g/mol. The molecule has 0 aliphatic heterocycles. The summed E-state index contributed by atoms with van der Waals surface area (Å²) < 4.78 is 0.939. The number of hydrogen-bond donors (Lipinski definition) is 1. The van der Waals surface area contributed by atoms with Crippen LogP contribution in [0.2, 0.25) is 0 Å². The highest BCUT2D eigenvalue weighted by Crippen LogP contribution is 2.38. The first-order valence-corrected chi connectivity index (χ1v) is 6.79. The number of halogens is 1. The average Bonchev–Trinajstić information content (AvgIpc) is 3.06. The number of amides is 1. The second-order valence-corrected chi connectivity index (χ2v) is 5.76. The number of para-hydroxylation sites is 1. The van der Waals surface area contributed by atoms with E-state index >= 15 is 0 Å². The van der Waals surface area contributed by atoms with E-state index in [1.165, 1.54) is 0 Å². The first kappa shape index (κ1) is 11.7. The van der Waals surface area contributed by atoms with E-state index in [9.17, 15) is 4.79 Å². The maximum Gasteiger partial charge on any atom is 0.227 e. The Morgan fingerprint density at radius 1 is 1.50 bits per heavy atom. The zero-order chi connectivity index (χ0) is 12.7. The molecule has 3 nitrogen and oxygen atoms in total. The van der Waals surface area contributed by atoms with Gasteiger partial charge in [0, 0.05) is 22.0 Å². The third kappa shape index (κ3) is 2.12. The van der Waals surface area contributed by atoms with Crippen LogP contribution in [-0.4, -0.2) is 10.9 Å². The van der Waals surface area contributed by atoms with Crippen LogP contribution in [-0.2, 0) is 4.79 Å². The SMILES string of the molecule is CC1CC1C(=O)Nc1cccc2cc(Br)cnc12. The second kappa shape index (κ2) is 4.35. The van der Waals surface area contributed by atoms with Gasteiger partial charge in [0.2, 0.25) is 5.91 Å². The summed E-state index contributed by atoms with van der Waals surface area (Å²) >= 11 is 3.40. The van der Waals surface area contributed by atoms with Crippen molar-refractivity contribution in [2.24, 2.45) is 11.8 Å². The smallest absolute Gasteiger partial charge is 0.227 e. The molecule has 0 saturated heterocycles. The molecule has 2 atom stereocenters. The molecule has 1 fully saturated rings. The fraction of sp³-hybridized carbons (Fsp3) is 0.286. The first-order valence-electron chi connectivity index (χ1n) is 6.00. The van der Waals surface area contributed by atoms with E-state index in [1.54, 1.807) is 6.20 Å². The van der Waals surface area contributed by atoms with Crippen molar-refractivity contribution in [3.05, 3.63) is 34.9 Å². The van der Waals surface area contributed by atoms with Gasteiger partial charge in [-0.05, 0) is 40.4 Å². The maximum atomic E-state index is 11.9. The monoisotopic (exact) mass is 304 g/mol. The predicted octanol–water partition coefficient (Wildman–Crippen LogP) is 3.59. The molecule has 1 heterocycles. The molecule has 1 aliphatic carbocycles. The standard InChI is InChI=1S/C14H13BrN2O/c1-8-5-11(8)14(18)17-12-4-2-3-9-6-10(15)7-16-13(9)12/h2-4,6-8,11H,5H2,1H3,(H,17,18). The van der Waals surface area contributed by atoms with Crippen molar-refractivity contribution in [3.8, 4) is 0 Å². The molecule has 3 rings (SSSR count). The number of carbonyl (C=O) groups is 1. The van der Waals surface area contributed by atoms with Crippen molar-refractivity contribution in [2.45, 2.75) is 13.3 Å². The van der Waals surface area contributed by atoms with Crippen LogP contribution in [0.3, 0.4) is 0 Å². The molecule has 1 N–H and O–H groups in total. The summed E-state index contributed by atoms with van der Waals surface area (Å²) in [5.74, 6) is 0.803. The number of fused-ring (bicyclic) bond motifs is 1. The highest BCUT2D eigenvalue weighted by molar-refractivity contribution is 9.10. The molecule has 2 unspecified atom stereocenters. The number of benzene rings is 1. The topological polar surface area (TPSA) is 42.0 Å². The molecule has 1 aliphatic rings. The summed E-state index contributed by atoms with van der Waals surface area (Å²) in [4.78, 5) is 16.3. The largest absolute Gasteiger partial charge is 0.324 e. The normalized spacial score (nSPS) is 21.9. The number of anilines is 1. The molecule has 2 aromatic rings. The lowest BCUT2D eigenvalue weighted by Gasteiger charge is -2.07. The number of pyridine rings is 1. The van der Waals surface area contributed by atoms with Crippen LogP contribution in [0.15, 0.2) is 34.9 Å². The zero-order valence-corrected chi connectivity index (χ0v) is 11.6. The fourth-order valence-electron chi connectivity index (χ4n) is 2.15. The van der Waals surface area contributed by atoms with Crippen molar-refractivity contribution in [2.75, 3.05) is 5.32 Å². The zero-order valence-electron chi connectivity index (χ0n) is 9.98. The van der Waals surface area contributed by atoms with Gasteiger partial charge in [0.25, 0.3) is 0 Å². The van der Waals surface area contributed by atoms with Crippen LogP contribution in [0.4, 0.5) is 5.69 Å². The highest BCUT2D eigenvalue weighted by atomic mass is 79.9. The number of hydrogen-bond acceptors (Lipinski definition) is 2. The van der Waals surface area contributed by atoms with Gasteiger partial charge in [-0.3, -0.25) is 9.78 Å². The number of nitrogens with zero attached hydrogens (tertiary/aromatic N) is 1. The van der Waals surface area contributed by atoms with Crippen LogP contribution in [0.5, 0.6) is 0 Å². The molecular weight excluding hydrogens is 292 g/mol. The van der Waals surface area contributed by atoms with Gasteiger partial charge in [-0.2, -0.15) is 0 Å². The Morgan fingerprint density at radius 3 is 3.00 bits per heavy atom. The summed E-state index contributed by atoms with van der Waals surface area (Å²) in [5.41, 5.74) is 1.63. The maximum absolute atomic E-state index is 11.9. The van der Waals surface area contributed by atoms with Crippen molar-refractivity contribution in [3.63, 3.8) is 0 Å². The Bertz CT molecular complexity index is 626. The predicted molar refractivity (Wildman–Crippen MR) is 75.3 cm³/mol. The van der Waals surface area contributed by atoms with Gasteiger partial charge in [-0.15, -0.1) is 0 Å². The molecule has 1 saturated carbocycles. The van der Waals surface area contributed by atoms with E-state index in [0.29, 0.717) is 5.92 Å². The third-order valence-corrected chi connectivity index (χ3v) is 3.82. The van der Waals surface area contributed by atoms with Gasteiger partial charge in [-0.1, -0.05) is 19.1 Å². The van der Waals surface area contributed by atoms with Crippen LogP contribution < -0.4 is 5.32 Å². The highest BCUT2D eigenvalue weighted by Gasteiger charge is 2.39. The molecule has 4 heteroatoms. The van der Waals surface area contributed by atoms with Gasteiger partial charge < -0.3 is 5.32 Å². The summed E-state index contributed by atoms with van der Waals surface area (Å²) in [5, 5.41) is 4.00. The molecule has 1 aromatic carbocycles. The summed E-state index contributed by atoms with van der Waals surface area (Å²) in [7, 11) is 0. The van der Waals surface area contributed by atoms with E-state index in [0.717, 1.165) is 27.5 Å². The lowest BCUT2D eigenvalue weighted by molar-refractivity contribution is -0.117. The summed E-state index contributed by atoms with van der Waals surface area (Å²) in [6.07, 6.45) is 2.74. The Balaban J connectivity index is 1.94. The van der Waals surface area contributed by atoms with Gasteiger partial charge >= 0.3 is 0 Å². The molecule has 18 heavy (non-hydrogen) atoms. The minimum atomic E-state index is 0.111. The van der Waals surface area contributed by atoms with E-state index in [2.05, 4.69) is 33.2 Å². The number of nitrogens with one attached hydrogen (secondary N) is 1. The van der Waals surface area contributed by atoms with Gasteiger partial charge in [0.15, 0.2) is 0 Å². The van der Waals surface area contributed by atoms with Crippen LogP contribution in [0.25, 0.3) is 10.9 Å². The van der Waals surface area contributed by atoms with E-state index in [-0.39, 0.29) is 11.8 Å². The van der Waals surface area contributed by atoms with Crippen LogP contribution >= 0.6 is 15.9 Å². The Morgan fingerprint density at radius 2 is 2.28 bits per heavy atom. The first-order chi connectivity index (χ1) is 8.65. The second-order valence-electron chi connectivity index (χ2n) is 4.84. The van der Waals surface area contributed by atoms with Crippen molar-refractivity contribution >= 4 is 38.4 Å². The number of rotatable bonds is 2. The summed E-state index contributed by atoms with van der Waals surface area (Å²) in [6, 6.07) is 7.82. The number of aromatic nitrogens is 1. The van der Waals surface area contributed by atoms with E-state index < -0.39 is 0 Å². The Kier molecular flexibility index (Phi) is 2.82. The van der Waals surface area contributed by atoms with Crippen LogP contribution in [0.1, 0.15) is 13.3 Å². The molecule has 1 aromatic heterocycles. The lowest BCUT2D eigenvalue weighted by atomic mass is 10.2. The Hall–Kier alpha value is -1.42.